The van der Waals surface area contributed by atoms with Crippen molar-refractivity contribution < 1.29 is 9.53 Å². The van der Waals surface area contributed by atoms with Crippen LogP contribution in [-0.4, -0.2) is 48.6 Å². The lowest BCUT2D eigenvalue weighted by Crippen LogP contribution is -2.35. The van der Waals surface area contributed by atoms with E-state index >= 15 is 0 Å². The maximum atomic E-state index is 12.4. The molecule has 1 N–H and O–H groups in total. The highest BCUT2D eigenvalue weighted by Crippen LogP contribution is 2.12. The minimum Gasteiger partial charge on any atom is -0.377 e. The Hall–Kier alpha value is -1.62. The van der Waals surface area contributed by atoms with Gasteiger partial charge in [0.1, 0.15) is 5.82 Å². The summed E-state index contributed by atoms with van der Waals surface area (Å²) in [5.74, 6) is 0.756. The number of carbonyl (C=O) groups excluding carboxylic acids is 1. The molecule has 1 aromatic rings. The number of hydrogen-bond acceptors (Lipinski definition) is 4. The Morgan fingerprint density at radius 2 is 2.44 bits per heavy atom. The number of nitrogens with zero attached hydrogens (tertiary/aromatic N) is 2. The first kappa shape index (κ1) is 12.8. The fourth-order valence-corrected chi connectivity index (χ4v) is 2.06. The molecule has 18 heavy (non-hydrogen) atoms. The van der Waals surface area contributed by atoms with E-state index in [2.05, 4.69) is 10.3 Å². The zero-order chi connectivity index (χ0) is 13.0. The van der Waals surface area contributed by atoms with E-state index in [1.54, 1.807) is 25.4 Å². The second-order valence-corrected chi connectivity index (χ2v) is 4.47. The van der Waals surface area contributed by atoms with E-state index in [1.807, 2.05) is 11.8 Å². The predicted octanol–water partition coefficient (Wildman–Crippen LogP) is 1.37. The van der Waals surface area contributed by atoms with Crippen molar-refractivity contribution in [1.29, 1.82) is 0 Å². The molecule has 0 spiro atoms. The van der Waals surface area contributed by atoms with Gasteiger partial charge in [-0.3, -0.25) is 4.79 Å². The van der Waals surface area contributed by atoms with Gasteiger partial charge in [-0.05, 0) is 25.5 Å². The first-order valence-corrected chi connectivity index (χ1v) is 6.25. The number of nitrogens with one attached hydrogen (secondary N) is 1. The molecule has 1 unspecified atom stereocenters. The van der Waals surface area contributed by atoms with E-state index in [0.717, 1.165) is 19.6 Å². The summed E-state index contributed by atoms with van der Waals surface area (Å²) in [5.41, 5.74) is 0.670. The average Bonchev–Trinajstić information content (AvgIpc) is 2.62. The molecule has 2 heterocycles. The fourth-order valence-electron chi connectivity index (χ4n) is 2.06. The first-order valence-electron chi connectivity index (χ1n) is 6.25. The third kappa shape index (κ3) is 2.98. The number of hydrogen-bond donors (Lipinski definition) is 1. The minimum absolute atomic E-state index is 0.0475. The van der Waals surface area contributed by atoms with E-state index < -0.39 is 0 Å². The maximum Gasteiger partial charge on any atom is 0.254 e. The highest BCUT2D eigenvalue weighted by Gasteiger charge is 2.21. The van der Waals surface area contributed by atoms with Crippen LogP contribution in [-0.2, 0) is 4.74 Å². The number of carbonyl (C=O) groups is 1. The van der Waals surface area contributed by atoms with Crippen LogP contribution in [0.1, 0.15) is 23.7 Å². The summed E-state index contributed by atoms with van der Waals surface area (Å²) in [6.07, 6.45) is 2.64. The van der Waals surface area contributed by atoms with Gasteiger partial charge in [0.25, 0.3) is 5.91 Å². The summed E-state index contributed by atoms with van der Waals surface area (Å²) < 4.78 is 5.55. The van der Waals surface area contributed by atoms with Crippen molar-refractivity contribution in [2.45, 2.75) is 19.4 Å². The van der Waals surface area contributed by atoms with Gasteiger partial charge < -0.3 is 15.0 Å². The van der Waals surface area contributed by atoms with Crippen LogP contribution in [0, 0.1) is 0 Å². The Balaban J connectivity index is 2.13. The molecule has 1 atom stereocenters. The smallest absolute Gasteiger partial charge is 0.254 e. The van der Waals surface area contributed by atoms with Gasteiger partial charge >= 0.3 is 0 Å². The van der Waals surface area contributed by atoms with E-state index in [4.69, 9.17) is 4.74 Å². The van der Waals surface area contributed by atoms with Gasteiger partial charge in [-0.2, -0.15) is 0 Å². The van der Waals surface area contributed by atoms with Crippen molar-refractivity contribution in [3.63, 3.8) is 0 Å². The molecule has 0 bridgehead atoms. The van der Waals surface area contributed by atoms with Crippen LogP contribution in [0.25, 0.3) is 0 Å². The van der Waals surface area contributed by atoms with Gasteiger partial charge in [0, 0.05) is 38.5 Å². The molecule has 0 aliphatic carbocycles. The first-order chi connectivity index (χ1) is 8.70. The van der Waals surface area contributed by atoms with Crippen LogP contribution < -0.4 is 5.32 Å². The Kier molecular flexibility index (Phi) is 4.15. The summed E-state index contributed by atoms with van der Waals surface area (Å²) >= 11 is 0. The number of ether oxygens (including phenoxy) is 1. The lowest BCUT2D eigenvalue weighted by molar-refractivity contribution is 0.0562. The Morgan fingerprint density at radius 1 is 1.61 bits per heavy atom. The molecule has 5 heteroatoms. The van der Waals surface area contributed by atoms with Crippen LogP contribution in [0.2, 0.25) is 0 Å². The van der Waals surface area contributed by atoms with Crippen LogP contribution in [0.3, 0.4) is 0 Å². The molecular formula is C13H19N3O2. The number of pyridine rings is 1. The molecule has 1 saturated heterocycles. The van der Waals surface area contributed by atoms with Crippen molar-refractivity contribution in [3.8, 4) is 0 Å². The van der Waals surface area contributed by atoms with Crippen LogP contribution >= 0.6 is 0 Å². The van der Waals surface area contributed by atoms with Crippen LogP contribution in [0.4, 0.5) is 5.82 Å². The fraction of sp³-hybridized carbons (Fsp3) is 0.538. The normalized spacial score (nSPS) is 20.3. The van der Waals surface area contributed by atoms with Crippen molar-refractivity contribution in [1.82, 2.24) is 9.88 Å². The molecular weight excluding hydrogens is 230 g/mol. The molecule has 1 aliphatic rings. The molecule has 0 radical (unpaired) electrons. The second kappa shape index (κ2) is 5.82. The monoisotopic (exact) mass is 249 g/mol. The van der Waals surface area contributed by atoms with E-state index in [-0.39, 0.29) is 12.0 Å². The van der Waals surface area contributed by atoms with Crippen molar-refractivity contribution in [3.05, 3.63) is 23.9 Å². The van der Waals surface area contributed by atoms with Gasteiger partial charge in [0.2, 0.25) is 0 Å². The van der Waals surface area contributed by atoms with Crippen molar-refractivity contribution in [2.75, 3.05) is 32.1 Å². The standard InChI is InChI=1S/C13H19N3O2/c1-10-9-16(6-3-7-18-10)13(17)11-4-5-15-12(8-11)14-2/h4-5,8,10H,3,6-7,9H2,1-2H3,(H,14,15). The molecule has 1 fully saturated rings. The minimum atomic E-state index is 0.0475. The number of rotatable bonds is 2. The largest absolute Gasteiger partial charge is 0.377 e. The van der Waals surface area contributed by atoms with Gasteiger partial charge in [0.15, 0.2) is 0 Å². The summed E-state index contributed by atoms with van der Waals surface area (Å²) in [7, 11) is 1.79. The van der Waals surface area contributed by atoms with Gasteiger partial charge in [-0.1, -0.05) is 0 Å². The number of aromatic nitrogens is 1. The Labute approximate surface area is 107 Å². The SMILES string of the molecule is CNc1cc(C(=O)N2CCCOC(C)C2)ccn1. The van der Waals surface area contributed by atoms with Crippen molar-refractivity contribution in [2.24, 2.45) is 0 Å². The zero-order valence-corrected chi connectivity index (χ0v) is 10.8. The maximum absolute atomic E-state index is 12.4. The molecule has 0 aromatic carbocycles. The lowest BCUT2D eigenvalue weighted by Gasteiger charge is -2.22. The van der Waals surface area contributed by atoms with E-state index in [9.17, 15) is 4.79 Å². The summed E-state index contributed by atoms with van der Waals surface area (Å²) in [6, 6.07) is 3.53. The predicted molar refractivity (Wildman–Crippen MR) is 69.7 cm³/mol. The molecule has 1 aliphatic heterocycles. The highest BCUT2D eigenvalue weighted by molar-refractivity contribution is 5.94. The summed E-state index contributed by atoms with van der Waals surface area (Å²) in [6.45, 7) is 4.12. The van der Waals surface area contributed by atoms with E-state index in [1.165, 1.54) is 0 Å². The van der Waals surface area contributed by atoms with Crippen molar-refractivity contribution >= 4 is 11.7 Å². The van der Waals surface area contributed by atoms with Crippen LogP contribution in [0.5, 0.6) is 0 Å². The molecule has 5 nitrogen and oxygen atoms in total. The average molecular weight is 249 g/mol. The van der Waals surface area contributed by atoms with Crippen LogP contribution in [0.15, 0.2) is 18.3 Å². The molecule has 2 rings (SSSR count). The second-order valence-electron chi connectivity index (χ2n) is 4.47. The third-order valence-corrected chi connectivity index (χ3v) is 3.00. The number of anilines is 1. The highest BCUT2D eigenvalue weighted by atomic mass is 16.5. The lowest BCUT2D eigenvalue weighted by atomic mass is 10.2. The van der Waals surface area contributed by atoms with Gasteiger partial charge in [0.05, 0.1) is 6.10 Å². The Bertz CT molecular complexity index is 422. The quantitative estimate of drug-likeness (QED) is 0.860. The molecule has 1 aromatic heterocycles. The third-order valence-electron chi connectivity index (χ3n) is 3.00. The summed E-state index contributed by atoms with van der Waals surface area (Å²) in [5, 5.41) is 2.94. The van der Waals surface area contributed by atoms with Gasteiger partial charge in [-0.15, -0.1) is 0 Å². The number of amides is 1. The van der Waals surface area contributed by atoms with Gasteiger partial charge in [-0.25, -0.2) is 4.98 Å². The topological polar surface area (TPSA) is 54.5 Å². The molecule has 98 valence electrons. The Morgan fingerprint density at radius 3 is 3.22 bits per heavy atom. The summed E-state index contributed by atoms with van der Waals surface area (Å²) in [4.78, 5) is 18.3. The molecule has 1 amide bonds. The zero-order valence-electron chi connectivity index (χ0n) is 10.8. The van der Waals surface area contributed by atoms with E-state index in [0.29, 0.717) is 17.9 Å². The molecule has 0 saturated carbocycles.